The first-order chi connectivity index (χ1) is 12.1. The summed E-state index contributed by atoms with van der Waals surface area (Å²) in [5.74, 6) is -0.372. The first kappa shape index (κ1) is 16.8. The van der Waals surface area contributed by atoms with Crippen molar-refractivity contribution < 1.29 is 9.90 Å². The highest BCUT2D eigenvalue weighted by molar-refractivity contribution is 7.17. The van der Waals surface area contributed by atoms with E-state index in [1.165, 1.54) is 26.8 Å². The molecule has 1 aromatic carbocycles. The average Bonchev–Trinajstić information content (AvgIpc) is 3.02. The summed E-state index contributed by atoms with van der Waals surface area (Å²) in [5, 5.41) is 16.2. The van der Waals surface area contributed by atoms with Gasteiger partial charge in [-0.05, 0) is 48.0 Å². The van der Waals surface area contributed by atoms with Crippen LogP contribution in [0.1, 0.15) is 24.5 Å². The van der Waals surface area contributed by atoms with E-state index in [1.807, 2.05) is 18.3 Å². The van der Waals surface area contributed by atoms with Gasteiger partial charge in [-0.2, -0.15) is 0 Å². The van der Waals surface area contributed by atoms with Crippen LogP contribution in [-0.2, 0) is 11.2 Å². The molecule has 1 aliphatic heterocycles. The molecular weight excluding hydrogens is 332 g/mol. The maximum absolute atomic E-state index is 12.4. The predicted molar refractivity (Wildman–Crippen MR) is 103 cm³/mol. The Bertz CT molecular complexity index is 837. The third kappa shape index (κ3) is 2.80. The molecule has 1 aliphatic carbocycles. The maximum atomic E-state index is 12.4. The van der Waals surface area contributed by atoms with E-state index in [2.05, 4.69) is 46.9 Å². The number of aliphatic hydroxyl groups is 1. The summed E-state index contributed by atoms with van der Waals surface area (Å²) in [5.41, 5.74) is 4.08. The highest BCUT2D eigenvalue weighted by Crippen LogP contribution is 2.42. The van der Waals surface area contributed by atoms with Gasteiger partial charge in [-0.3, -0.25) is 9.69 Å². The minimum atomic E-state index is -0.320. The van der Waals surface area contributed by atoms with Crippen molar-refractivity contribution in [1.29, 1.82) is 0 Å². The van der Waals surface area contributed by atoms with Crippen LogP contribution in [0.15, 0.2) is 29.7 Å². The number of aliphatic hydroxyl groups excluding tert-OH is 1. The van der Waals surface area contributed by atoms with Crippen LogP contribution in [-0.4, -0.2) is 48.2 Å². The number of thiophene rings is 1. The normalized spacial score (nSPS) is 23.9. The number of benzene rings is 1. The highest BCUT2D eigenvalue weighted by Gasteiger charge is 2.34. The Balaban J connectivity index is 1.69. The summed E-state index contributed by atoms with van der Waals surface area (Å²) in [6, 6.07) is 6.88. The van der Waals surface area contributed by atoms with Crippen LogP contribution in [0.2, 0.25) is 0 Å². The number of amides is 1. The van der Waals surface area contributed by atoms with Gasteiger partial charge in [0.2, 0.25) is 5.91 Å². The molecule has 0 saturated carbocycles. The summed E-state index contributed by atoms with van der Waals surface area (Å²) in [4.78, 5) is 14.7. The van der Waals surface area contributed by atoms with Crippen LogP contribution in [0.4, 0.5) is 0 Å². The Labute approximate surface area is 152 Å². The Morgan fingerprint density at radius 2 is 2.32 bits per heavy atom. The van der Waals surface area contributed by atoms with Crippen LogP contribution < -0.4 is 5.32 Å². The van der Waals surface area contributed by atoms with Crippen molar-refractivity contribution in [3.05, 3.63) is 40.8 Å². The van der Waals surface area contributed by atoms with Crippen LogP contribution in [0.3, 0.4) is 0 Å². The van der Waals surface area contributed by atoms with Crippen LogP contribution in [0, 0.1) is 5.92 Å². The second kappa shape index (κ2) is 6.56. The van der Waals surface area contributed by atoms with E-state index >= 15 is 0 Å². The van der Waals surface area contributed by atoms with Crippen molar-refractivity contribution in [3.8, 4) is 0 Å². The summed E-state index contributed by atoms with van der Waals surface area (Å²) in [7, 11) is 2.14. The van der Waals surface area contributed by atoms with E-state index in [4.69, 9.17) is 0 Å². The monoisotopic (exact) mass is 356 g/mol. The van der Waals surface area contributed by atoms with E-state index in [1.54, 1.807) is 0 Å². The number of carbonyl (C=O) groups excluding carboxylic acids is 1. The molecule has 1 amide bonds. The topological polar surface area (TPSA) is 52.6 Å². The van der Waals surface area contributed by atoms with Gasteiger partial charge in [0.05, 0.1) is 18.6 Å². The van der Waals surface area contributed by atoms with Gasteiger partial charge in [-0.25, -0.2) is 0 Å². The molecule has 4 rings (SSSR count). The van der Waals surface area contributed by atoms with Gasteiger partial charge in [0.1, 0.15) is 0 Å². The molecule has 0 saturated heterocycles. The summed E-state index contributed by atoms with van der Waals surface area (Å²) in [6.07, 6.45) is 3.93. The third-order valence-corrected chi connectivity index (χ3v) is 6.56. The molecule has 0 bridgehead atoms. The molecule has 3 unspecified atom stereocenters. The summed E-state index contributed by atoms with van der Waals surface area (Å²) >= 11 is 1.82. The van der Waals surface area contributed by atoms with Gasteiger partial charge in [0.25, 0.3) is 0 Å². The maximum Gasteiger partial charge on any atom is 0.225 e. The van der Waals surface area contributed by atoms with E-state index in [0.717, 1.165) is 13.0 Å². The highest BCUT2D eigenvalue weighted by atomic mass is 32.1. The van der Waals surface area contributed by atoms with Gasteiger partial charge < -0.3 is 10.4 Å². The molecule has 25 heavy (non-hydrogen) atoms. The first-order valence-electron chi connectivity index (χ1n) is 8.95. The lowest BCUT2D eigenvalue weighted by molar-refractivity contribution is -0.126. The van der Waals surface area contributed by atoms with E-state index < -0.39 is 0 Å². The quantitative estimate of drug-likeness (QED) is 0.886. The predicted octanol–water partition coefficient (Wildman–Crippen LogP) is 2.66. The molecule has 5 heteroatoms. The zero-order valence-electron chi connectivity index (χ0n) is 14.7. The Hall–Kier alpha value is -1.69. The largest absolute Gasteiger partial charge is 0.396 e. The zero-order chi connectivity index (χ0) is 17.6. The number of nitrogens with one attached hydrogen (secondary N) is 1. The summed E-state index contributed by atoms with van der Waals surface area (Å²) < 4.78 is 1.34. The smallest absolute Gasteiger partial charge is 0.225 e. The Morgan fingerprint density at radius 1 is 1.48 bits per heavy atom. The second-order valence-corrected chi connectivity index (χ2v) is 8.04. The molecule has 2 aliphatic rings. The van der Waals surface area contributed by atoms with Crippen molar-refractivity contribution in [3.63, 3.8) is 0 Å². The molecule has 2 aromatic rings. The van der Waals surface area contributed by atoms with E-state index in [9.17, 15) is 9.90 Å². The van der Waals surface area contributed by atoms with Crippen molar-refractivity contribution >= 4 is 32.9 Å². The Kier molecular flexibility index (Phi) is 4.40. The molecule has 0 radical (unpaired) electrons. The molecular formula is C20H24N2O2S. The van der Waals surface area contributed by atoms with Gasteiger partial charge in [-0.1, -0.05) is 25.1 Å². The fourth-order valence-corrected chi connectivity index (χ4v) is 5.13. The number of nitrogens with zero attached hydrogens (tertiary/aromatic N) is 1. The Morgan fingerprint density at radius 3 is 3.08 bits per heavy atom. The lowest BCUT2D eigenvalue weighted by atomic mass is 9.81. The molecule has 4 nitrogen and oxygen atoms in total. The van der Waals surface area contributed by atoms with Gasteiger partial charge in [0, 0.05) is 22.7 Å². The van der Waals surface area contributed by atoms with Gasteiger partial charge in [-0.15, -0.1) is 11.3 Å². The average molecular weight is 356 g/mol. The summed E-state index contributed by atoms with van der Waals surface area (Å²) in [6.45, 7) is 2.64. The van der Waals surface area contributed by atoms with Crippen LogP contribution in [0.25, 0.3) is 15.7 Å². The fraction of sp³-hybridized carbons (Fsp3) is 0.450. The van der Waals surface area contributed by atoms with E-state index in [-0.39, 0.29) is 24.5 Å². The number of likely N-dealkylation sites (N-methyl/N-ethyl adjacent to an activating group) is 1. The minimum Gasteiger partial charge on any atom is -0.396 e. The standard InChI is InChI=1S/C20H24N2O2S/c1-3-12(10-23)20(24)21-14-8-16-15-5-4-6-18-19(15)13(11-25-18)7-17(16)22(2)9-14/h4-6,8,11-12,14,17,23H,3,7,9-10H2,1-2H3,(H,21,24). The number of carbonyl (C=O) groups is 1. The molecule has 2 heterocycles. The van der Waals surface area contributed by atoms with Crippen molar-refractivity contribution in [2.45, 2.75) is 31.8 Å². The van der Waals surface area contributed by atoms with Gasteiger partial charge >= 0.3 is 0 Å². The fourth-order valence-electron chi connectivity index (χ4n) is 4.13. The van der Waals surface area contributed by atoms with Crippen molar-refractivity contribution in [2.75, 3.05) is 20.2 Å². The lowest BCUT2D eigenvalue weighted by Gasteiger charge is -2.40. The van der Waals surface area contributed by atoms with E-state index in [0.29, 0.717) is 12.5 Å². The number of fused-ring (bicyclic) bond motifs is 2. The van der Waals surface area contributed by atoms with Gasteiger partial charge in [0.15, 0.2) is 0 Å². The number of hydrogen-bond donors (Lipinski definition) is 2. The van der Waals surface area contributed by atoms with Crippen LogP contribution >= 0.6 is 11.3 Å². The molecule has 1 aromatic heterocycles. The molecule has 2 N–H and O–H groups in total. The third-order valence-electron chi connectivity index (χ3n) is 5.57. The SMILES string of the molecule is CCC(CO)C(=O)NC1C=C2c3cccc4scc(c34)CC2N(C)C1. The molecule has 0 fully saturated rings. The second-order valence-electron chi connectivity index (χ2n) is 7.12. The molecule has 132 valence electrons. The lowest BCUT2D eigenvalue weighted by Crippen LogP contribution is -2.51. The minimum absolute atomic E-state index is 0.0141. The number of hydrogen-bond acceptors (Lipinski definition) is 4. The molecule has 3 atom stereocenters. The van der Waals surface area contributed by atoms with Crippen LogP contribution in [0.5, 0.6) is 0 Å². The zero-order valence-corrected chi connectivity index (χ0v) is 15.5. The number of rotatable bonds is 4. The first-order valence-corrected chi connectivity index (χ1v) is 9.83. The molecule has 0 spiro atoms. The van der Waals surface area contributed by atoms with Crippen molar-refractivity contribution in [2.24, 2.45) is 5.92 Å². The van der Waals surface area contributed by atoms with Crippen molar-refractivity contribution in [1.82, 2.24) is 10.2 Å².